The zero-order valence-electron chi connectivity index (χ0n) is 26.5. The van der Waals surface area contributed by atoms with Crippen LogP contribution in [0.3, 0.4) is 0 Å². The third-order valence-corrected chi connectivity index (χ3v) is 11.4. The van der Waals surface area contributed by atoms with E-state index < -0.39 is 0 Å². The monoisotopic (exact) mass is 624 g/mol. The number of para-hydroxylation sites is 2. The second kappa shape index (κ2) is 9.24. The SMILES string of the molecule is C1=CC2c3cc(-c4nc5ccccc5o4)c(-n4c5cccc6c5c5c7c(cccc7ccc54)-c4ccccc4-6)cc3CC2c2ccccc21. The number of hydrogen-bond acceptors (Lipinski definition) is 2. The molecule has 0 spiro atoms. The Labute approximate surface area is 282 Å². The van der Waals surface area contributed by atoms with Gasteiger partial charge in [-0.05, 0) is 104 Å². The van der Waals surface area contributed by atoms with Crippen molar-refractivity contribution in [2.45, 2.75) is 18.3 Å². The van der Waals surface area contributed by atoms with Gasteiger partial charge in [-0.25, -0.2) is 4.98 Å². The van der Waals surface area contributed by atoms with Crippen molar-refractivity contribution in [2.24, 2.45) is 0 Å². The Hall–Kier alpha value is -6.19. The van der Waals surface area contributed by atoms with Crippen molar-refractivity contribution >= 4 is 49.8 Å². The fraction of sp³-hybridized carbons (Fsp3) is 0.0652. The molecule has 7 aromatic carbocycles. The van der Waals surface area contributed by atoms with Gasteiger partial charge < -0.3 is 8.98 Å². The lowest BCUT2D eigenvalue weighted by Crippen LogP contribution is -2.09. The van der Waals surface area contributed by atoms with E-state index in [9.17, 15) is 0 Å². The van der Waals surface area contributed by atoms with Crippen LogP contribution in [0.5, 0.6) is 0 Å². The third-order valence-electron chi connectivity index (χ3n) is 11.4. The number of hydrogen-bond donors (Lipinski definition) is 0. The quantitative estimate of drug-likeness (QED) is 0.192. The Kier molecular flexibility index (Phi) is 4.87. The molecule has 3 heteroatoms. The summed E-state index contributed by atoms with van der Waals surface area (Å²) in [4.78, 5) is 5.10. The van der Waals surface area contributed by atoms with Crippen LogP contribution in [0.25, 0.3) is 89.1 Å². The number of nitrogens with zero attached hydrogens (tertiary/aromatic N) is 2. The van der Waals surface area contributed by atoms with Crippen LogP contribution in [-0.4, -0.2) is 9.55 Å². The van der Waals surface area contributed by atoms with E-state index in [0.717, 1.165) is 28.8 Å². The van der Waals surface area contributed by atoms with Crippen LogP contribution < -0.4 is 0 Å². The minimum atomic E-state index is 0.320. The lowest BCUT2D eigenvalue weighted by atomic mass is 9.80. The number of fused-ring (bicyclic) bond motifs is 9. The summed E-state index contributed by atoms with van der Waals surface area (Å²) < 4.78 is 9.09. The number of benzene rings is 7. The molecule has 2 atom stereocenters. The van der Waals surface area contributed by atoms with Gasteiger partial charge in [-0.3, -0.25) is 0 Å². The average molecular weight is 625 g/mol. The van der Waals surface area contributed by atoms with Gasteiger partial charge in [-0.1, -0.05) is 109 Å². The van der Waals surface area contributed by atoms with E-state index in [1.54, 1.807) is 0 Å². The number of rotatable bonds is 2. The van der Waals surface area contributed by atoms with E-state index in [1.807, 2.05) is 24.3 Å². The summed E-state index contributed by atoms with van der Waals surface area (Å²) in [6.07, 6.45) is 5.73. The maximum atomic E-state index is 6.60. The molecule has 0 bridgehead atoms. The smallest absolute Gasteiger partial charge is 0.229 e. The molecule has 0 saturated heterocycles. The first-order valence-electron chi connectivity index (χ1n) is 17.2. The summed E-state index contributed by atoms with van der Waals surface area (Å²) in [6, 6.07) is 48.9. The van der Waals surface area contributed by atoms with Crippen LogP contribution in [0.2, 0.25) is 0 Å². The molecule has 0 aliphatic heterocycles. The zero-order valence-corrected chi connectivity index (χ0v) is 26.5. The molecule has 12 rings (SSSR count). The summed E-state index contributed by atoms with van der Waals surface area (Å²) in [7, 11) is 0. The van der Waals surface area contributed by atoms with E-state index in [4.69, 9.17) is 9.40 Å². The predicted octanol–water partition coefficient (Wildman–Crippen LogP) is 11.8. The molecule has 3 aliphatic rings. The second-order valence-electron chi connectivity index (χ2n) is 13.8. The number of aromatic nitrogens is 2. The number of oxazole rings is 1. The van der Waals surface area contributed by atoms with Crippen molar-refractivity contribution in [3.63, 3.8) is 0 Å². The standard InChI is InChI=1S/C46H28N2O/c1-2-11-29-26(9-1)19-21-32-35-25-37(46-47-38-16-5-6-18-42(38)49-46)41(24-28(35)23-36(29)32)48-39-17-8-15-34-31-13-4-3-12-30(31)33-14-7-10-27-20-22-40(48)45(43(27)33)44(34)39/h1-22,24-25,32,36H,23H2. The van der Waals surface area contributed by atoms with Crippen molar-refractivity contribution in [3.05, 3.63) is 162 Å². The van der Waals surface area contributed by atoms with Crippen LogP contribution in [0, 0.1) is 0 Å². The highest BCUT2D eigenvalue weighted by molar-refractivity contribution is 6.30. The summed E-state index contributed by atoms with van der Waals surface area (Å²) in [5.41, 5.74) is 16.9. The van der Waals surface area contributed by atoms with Gasteiger partial charge in [0.1, 0.15) is 5.52 Å². The molecule has 3 aliphatic carbocycles. The molecule has 0 radical (unpaired) electrons. The van der Waals surface area contributed by atoms with E-state index in [2.05, 4.69) is 126 Å². The Morgan fingerprint density at radius 2 is 1.35 bits per heavy atom. The predicted molar refractivity (Wildman–Crippen MR) is 200 cm³/mol. The van der Waals surface area contributed by atoms with Gasteiger partial charge in [-0.2, -0.15) is 0 Å². The molecule has 2 heterocycles. The third kappa shape index (κ3) is 3.34. The van der Waals surface area contributed by atoms with Crippen LogP contribution >= 0.6 is 0 Å². The van der Waals surface area contributed by atoms with Crippen molar-refractivity contribution in [3.8, 4) is 39.4 Å². The minimum Gasteiger partial charge on any atom is -0.436 e. The molecule has 0 fully saturated rings. The van der Waals surface area contributed by atoms with Crippen LogP contribution in [0.4, 0.5) is 0 Å². The fourth-order valence-corrected chi connectivity index (χ4v) is 9.40. The van der Waals surface area contributed by atoms with Gasteiger partial charge in [0.05, 0.1) is 22.3 Å². The van der Waals surface area contributed by atoms with E-state index in [1.165, 1.54) is 77.1 Å². The Balaban J connectivity index is 1.21. The van der Waals surface area contributed by atoms with E-state index in [0.29, 0.717) is 17.7 Å². The van der Waals surface area contributed by atoms with Crippen LogP contribution in [-0.2, 0) is 6.42 Å². The lowest BCUT2D eigenvalue weighted by Gasteiger charge is -2.24. The van der Waals surface area contributed by atoms with Gasteiger partial charge in [0, 0.05) is 16.7 Å². The molecule has 49 heavy (non-hydrogen) atoms. The highest BCUT2D eigenvalue weighted by Gasteiger charge is 2.37. The molecule has 228 valence electrons. The highest BCUT2D eigenvalue weighted by atomic mass is 16.3. The van der Waals surface area contributed by atoms with Crippen LogP contribution in [0.15, 0.2) is 144 Å². The van der Waals surface area contributed by atoms with E-state index >= 15 is 0 Å². The van der Waals surface area contributed by atoms with Crippen molar-refractivity contribution in [1.29, 1.82) is 0 Å². The first-order valence-corrected chi connectivity index (χ1v) is 17.2. The molecular weight excluding hydrogens is 597 g/mol. The summed E-state index contributed by atoms with van der Waals surface area (Å²) in [5, 5.41) is 5.19. The molecule has 0 amide bonds. The topological polar surface area (TPSA) is 31.0 Å². The normalized spacial score (nSPS) is 16.8. The maximum Gasteiger partial charge on any atom is 0.229 e. The van der Waals surface area contributed by atoms with Crippen molar-refractivity contribution in [2.75, 3.05) is 0 Å². The Bertz CT molecular complexity index is 2900. The van der Waals surface area contributed by atoms with Gasteiger partial charge >= 0.3 is 0 Å². The average Bonchev–Trinajstić information content (AvgIpc) is 3.83. The van der Waals surface area contributed by atoms with Gasteiger partial charge in [0.25, 0.3) is 0 Å². The minimum absolute atomic E-state index is 0.320. The molecule has 2 aromatic heterocycles. The van der Waals surface area contributed by atoms with Crippen LogP contribution in [0.1, 0.15) is 34.1 Å². The summed E-state index contributed by atoms with van der Waals surface area (Å²) in [5.74, 6) is 1.40. The lowest BCUT2D eigenvalue weighted by molar-refractivity contribution is 0.619. The molecule has 3 nitrogen and oxygen atoms in total. The first-order chi connectivity index (χ1) is 24.3. The van der Waals surface area contributed by atoms with Gasteiger partial charge in [0.2, 0.25) is 5.89 Å². The first kappa shape index (κ1) is 25.8. The Morgan fingerprint density at radius 3 is 2.24 bits per heavy atom. The van der Waals surface area contributed by atoms with Gasteiger partial charge in [-0.15, -0.1) is 0 Å². The summed E-state index contributed by atoms with van der Waals surface area (Å²) >= 11 is 0. The largest absolute Gasteiger partial charge is 0.436 e. The molecule has 0 N–H and O–H groups in total. The zero-order chi connectivity index (χ0) is 31.8. The molecule has 0 saturated carbocycles. The molecule has 2 unspecified atom stereocenters. The summed E-state index contributed by atoms with van der Waals surface area (Å²) in [6.45, 7) is 0. The van der Waals surface area contributed by atoms with Crippen molar-refractivity contribution in [1.82, 2.24) is 9.55 Å². The van der Waals surface area contributed by atoms with E-state index in [-0.39, 0.29) is 0 Å². The fourth-order valence-electron chi connectivity index (χ4n) is 9.40. The molecular formula is C46H28N2O. The van der Waals surface area contributed by atoms with Crippen molar-refractivity contribution < 1.29 is 4.42 Å². The highest BCUT2D eigenvalue weighted by Crippen LogP contribution is 2.53. The Morgan fingerprint density at radius 1 is 0.592 bits per heavy atom. The second-order valence-corrected chi connectivity index (χ2v) is 13.8. The maximum absolute atomic E-state index is 6.60. The molecule has 9 aromatic rings. The number of allylic oxidation sites excluding steroid dienone is 1. The van der Waals surface area contributed by atoms with Gasteiger partial charge in [0.15, 0.2) is 5.58 Å².